The molecule has 0 aromatic heterocycles. The average Bonchev–Trinajstić information content (AvgIpc) is 2.98. The molecule has 3 aliphatic heterocycles. The SMILES string of the molecule is O=C(NC[C@@H]1CCCO1)N1C[C@H]2C[C@H]1CS2(=O)=O. The summed E-state index contributed by atoms with van der Waals surface area (Å²) in [6, 6.07) is -0.266. The van der Waals surface area contributed by atoms with E-state index in [1.165, 1.54) is 0 Å². The number of amides is 2. The van der Waals surface area contributed by atoms with Gasteiger partial charge in [-0.25, -0.2) is 13.2 Å². The second-order valence-corrected chi connectivity index (χ2v) is 7.64. The van der Waals surface area contributed by atoms with Crippen LogP contribution >= 0.6 is 0 Å². The van der Waals surface area contributed by atoms with Crippen molar-refractivity contribution in [1.82, 2.24) is 10.2 Å². The number of ether oxygens (including phenoxy) is 1. The standard InChI is InChI=1S/C11H18N2O4S/c14-11(12-5-9-2-1-3-17-9)13-6-10-4-8(13)7-18(10,15)16/h8-10H,1-7H2,(H,12,14)/t8-,9-,10+/m0/s1. The van der Waals surface area contributed by atoms with Gasteiger partial charge in [-0.2, -0.15) is 0 Å². The van der Waals surface area contributed by atoms with Gasteiger partial charge >= 0.3 is 6.03 Å². The zero-order valence-corrected chi connectivity index (χ0v) is 11.0. The van der Waals surface area contributed by atoms with E-state index in [9.17, 15) is 13.2 Å². The molecule has 3 rings (SSSR count). The third-order valence-electron chi connectivity index (χ3n) is 4.07. The summed E-state index contributed by atoms with van der Waals surface area (Å²) in [5.74, 6) is 0.130. The topological polar surface area (TPSA) is 75.7 Å². The van der Waals surface area contributed by atoms with Gasteiger partial charge in [0.05, 0.1) is 17.1 Å². The van der Waals surface area contributed by atoms with Crippen molar-refractivity contribution in [3.8, 4) is 0 Å². The number of urea groups is 1. The van der Waals surface area contributed by atoms with Crippen molar-refractivity contribution in [3.63, 3.8) is 0 Å². The molecule has 3 aliphatic rings. The molecule has 0 spiro atoms. The molecule has 3 atom stereocenters. The fourth-order valence-corrected chi connectivity index (χ4v) is 5.08. The number of nitrogens with one attached hydrogen (secondary N) is 1. The first-order valence-electron chi connectivity index (χ1n) is 6.44. The number of nitrogens with zero attached hydrogens (tertiary/aromatic N) is 1. The Kier molecular flexibility index (Phi) is 2.97. The highest BCUT2D eigenvalue weighted by molar-refractivity contribution is 7.92. The lowest BCUT2D eigenvalue weighted by molar-refractivity contribution is 0.108. The third kappa shape index (κ3) is 2.09. The summed E-state index contributed by atoms with van der Waals surface area (Å²) < 4.78 is 28.6. The monoisotopic (exact) mass is 274 g/mol. The van der Waals surface area contributed by atoms with E-state index in [0.29, 0.717) is 19.5 Å². The molecule has 0 aliphatic carbocycles. The highest BCUT2D eigenvalue weighted by atomic mass is 32.2. The Hall–Kier alpha value is -0.820. The Morgan fingerprint density at radius 1 is 1.44 bits per heavy atom. The van der Waals surface area contributed by atoms with Crippen molar-refractivity contribution in [2.45, 2.75) is 36.7 Å². The minimum atomic E-state index is -2.93. The lowest BCUT2D eigenvalue weighted by Gasteiger charge is -2.27. The fraction of sp³-hybridized carbons (Fsp3) is 0.909. The summed E-state index contributed by atoms with van der Waals surface area (Å²) in [7, 11) is -2.93. The maximum absolute atomic E-state index is 12.0. The summed E-state index contributed by atoms with van der Waals surface area (Å²) in [6.45, 7) is 1.65. The Morgan fingerprint density at radius 3 is 2.83 bits per heavy atom. The maximum atomic E-state index is 12.0. The van der Waals surface area contributed by atoms with Gasteiger partial charge in [-0.15, -0.1) is 0 Å². The molecule has 102 valence electrons. The second kappa shape index (κ2) is 4.38. The lowest BCUT2D eigenvalue weighted by atomic mass is 10.2. The first-order chi connectivity index (χ1) is 8.56. The van der Waals surface area contributed by atoms with E-state index in [2.05, 4.69) is 5.32 Å². The van der Waals surface area contributed by atoms with Gasteiger partial charge in [0.15, 0.2) is 9.84 Å². The summed E-state index contributed by atoms with van der Waals surface area (Å²) >= 11 is 0. The number of hydrogen-bond acceptors (Lipinski definition) is 4. The van der Waals surface area contributed by atoms with Crippen LogP contribution in [0.15, 0.2) is 0 Å². The van der Waals surface area contributed by atoms with Gasteiger partial charge in [0.2, 0.25) is 0 Å². The van der Waals surface area contributed by atoms with Crippen LogP contribution in [0.4, 0.5) is 4.79 Å². The van der Waals surface area contributed by atoms with Crippen LogP contribution in [-0.2, 0) is 14.6 Å². The smallest absolute Gasteiger partial charge is 0.317 e. The fourth-order valence-electron chi connectivity index (χ4n) is 3.05. The molecule has 0 unspecified atom stereocenters. The predicted molar refractivity (Wildman–Crippen MR) is 65.1 cm³/mol. The normalized spacial score (nSPS) is 37.1. The van der Waals surface area contributed by atoms with Gasteiger partial charge in [-0.05, 0) is 19.3 Å². The van der Waals surface area contributed by atoms with Crippen LogP contribution in [0, 0.1) is 0 Å². The molecule has 1 N–H and O–H groups in total. The minimum absolute atomic E-state index is 0.121. The van der Waals surface area contributed by atoms with E-state index in [1.807, 2.05) is 0 Å². The number of carbonyl (C=O) groups excluding carboxylic acids is 1. The van der Waals surface area contributed by atoms with Gasteiger partial charge < -0.3 is 15.0 Å². The molecular formula is C11H18N2O4S. The Labute approximate surface area is 107 Å². The molecule has 0 saturated carbocycles. The number of fused-ring (bicyclic) bond motifs is 2. The van der Waals surface area contributed by atoms with Gasteiger partial charge in [-0.3, -0.25) is 0 Å². The van der Waals surface area contributed by atoms with Gasteiger partial charge in [0, 0.05) is 25.7 Å². The van der Waals surface area contributed by atoms with Crippen LogP contribution in [0.25, 0.3) is 0 Å². The van der Waals surface area contributed by atoms with Gasteiger partial charge in [-0.1, -0.05) is 0 Å². The Bertz CT molecular complexity index is 444. The predicted octanol–water partition coefficient (Wildman–Crippen LogP) is -0.254. The average molecular weight is 274 g/mol. The van der Waals surface area contributed by atoms with E-state index in [0.717, 1.165) is 19.4 Å². The van der Waals surface area contributed by atoms with Crippen LogP contribution in [-0.4, -0.2) is 62.2 Å². The van der Waals surface area contributed by atoms with E-state index in [-0.39, 0.29) is 29.2 Å². The zero-order valence-electron chi connectivity index (χ0n) is 10.2. The molecule has 7 heteroatoms. The van der Waals surface area contributed by atoms with Crippen LogP contribution in [0.1, 0.15) is 19.3 Å². The second-order valence-electron chi connectivity index (χ2n) is 5.31. The van der Waals surface area contributed by atoms with Crippen LogP contribution in [0.2, 0.25) is 0 Å². The third-order valence-corrected chi connectivity index (χ3v) is 6.28. The molecule has 3 heterocycles. The molecule has 0 aromatic carbocycles. The molecule has 18 heavy (non-hydrogen) atoms. The van der Waals surface area contributed by atoms with Gasteiger partial charge in [0.1, 0.15) is 0 Å². The summed E-state index contributed by atoms with van der Waals surface area (Å²) in [6.07, 6.45) is 2.77. The molecule has 6 nitrogen and oxygen atoms in total. The number of likely N-dealkylation sites (tertiary alicyclic amines) is 1. The van der Waals surface area contributed by atoms with Crippen molar-refractivity contribution in [2.24, 2.45) is 0 Å². The van der Waals surface area contributed by atoms with Crippen LogP contribution in [0.3, 0.4) is 0 Å². The molecule has 3 saturated heterocycles. The summed E-state index contributed by atoms with van der Waals surface area (Å²) in [5, 5.41) is 2.51. The van der Waals surface area contributed by atoms with Crippen molar-refractivity contribution in [1.29, 1.82) is 0 Å². The largest absolute Gasteiger partial charge is 0.376 e. The first-order valence-corrected chi connectivity index (χ1v) is 8.15. The van der Waals surface area contributed by atoms with Crippen LogP contribution in [0.5, 0.6) is 0 Å². The van der Waals surface area contributed by atoms with Gasteiger partial charge in [0.25, 0.3) is 0 Å². The summed E-state index contributed by atoms with van der Waals surface area (Å²) in [5.41, 5.74) is 0. The van der Waals surface area contributed by atoms with Crippen molar-refractivity contribution in [3.05, 3.63) is 0 Å². The van der Waals surface area contributed by atoms with E-state index in [4.69, 9.17) is 4.74 Å². The molecule has 0 radical (unpaired) electrons. The molecule has 3 fully saturated rings. The number of sulfone groups is 1. The quantitative estimate of drug-likeness (QED) is 0.753. The van der Waals surface area contributed by atoms with E-state index < -0.39 is 9.84 Å². The molecule has 2 amide bonds. The highest BCUT2D eigenvalue weighted by Gasteiger charge is 2.50. The first kappa shape index (κ1) is 12.2. The number of carbonyl (C=O) groups is 1. The summed E-state index contributed by atoms with van der Waals surface area (Å²) in [4.78, 5) is 13.6. The Balaban J connectivity index is 1.52. The minimum Gasteiger partial charge on any atom is -0.376 e. The van der Waals surface area contributed by atoms with Crippen molar-refractivity contribution < 1.29 is 17.9 Å². The molecular weight excluding hydrogens is 256 g/mol. The maximum Gasteiger partial charge on any atom is 0.317 e. The lowest BCUT2D eigenvalue weighted by Crippen LogP contribution is -2.49. The van der Waals surface area contributed by atoms with Crippen LogP contribution < -0.4 is 5.32 Å². The van der Waals surface area contributed by atoms with E-state index in [1.54, 1.807) is 4.90 Å². The molecule has 2 bridgehead atoms. The zero-order chi connectivity index (χ0) is 12.8. The Morgan fingerprint density at radius 2 is 2.28 bits per heavy atom. The number of rotatable bonds is 2. The number of hydrogen-bond donors (Lipinski definition) is 1. The highest BCUT2D eigenvalue weighted by Crippen LogP contribution is 2.32. The molecule has 0 aromatic rings. The van der Waals surface area contributed by atoms with Crippen molar-refractivity contribution >= 4 is 15.9 Å². The van der Waals surface area contributed by atoms with Crippen molar-refractivity contribution in [2.75, 3.05) is 25.4 Å². The van der Waals surface area contributed by atoms with E-state index >= 15 is 0 Å².